The Labute approximate surface area is 103 Å². The lowest BCUT2D eigenvalue weighted by Crippen LogP contribution is -2.45. The van der Waals surface area contributed by atoms with E-state index >= 15 is 0 Å². The van der Waals surface area contributed by atoms with Crippen molar-refractivity contribution >= 4 is 5.69 Å². The predicted molar refractivity (Wildman–Crippen MR) is 70.2 cm³/mol. The van der Waals surface area contributed by atoms with Gasteiger partial charge in [0.25, 0.3) is 0 Å². The van der Waals surface area contributed by atoms with E-state index in [1.54, 1.807) is 0 Å². The SMILES string of the molecule is CN1CCN(c2ccccc2C(N)CO)CC1. The molecule has 0 aliphatic carbocycles. The average Bonchev–Trinajstić information content (AvgIpc) is 2.39. The maximum Gasteiger partial charge on any atom is 0.0625 e. The van der Waals surface area contributed by atoms with Gasteiger partial charge in [0.1, 0.15) is 0 Å². The number of para-hydroxylation sites is 1. The van der Waals surface area contributed by atoms with Crippen molar-refractivity contribution < 1.29 is 5.11 Å². The van der Waals surface area contributed by atoms with E-state index in [1.807, 2.05) is 18.2 Å². The Morgan fingerprint density at radius 1 is 1.24 bits per heavy atom. The van der Waals surface area contributed by atoms with Crippen LogP contribution in [-0.2, 0) is 0 Å². The predicted octanol–water partition coefficient (Wildman–Crippen LogP) is 0.431. The molecule has 1 aliphatic rings. The summed E-state index contributed by atoms with van der Waals surface area (Å²) in [4.78, 5) is 4.68. The maximum absolute atomic E-state index is 9.20. The van der Waals surface area contributed by atoms with E-state index in [0.29, 0.717) is 0 Å². The van der Waals surface area contributed by atoms with Gasteiger partial charge in [-0.1, -0.05) is 18.2 Å². The fraction of sp³-hybridized carbons (Fsp3) is 0.538. The fourth-order valence-corrected chi connectivity index (χ4v) is 2.23. The fourth-order valence-electron chi connectivity index (χ4n) is 2.23. The molecule has 1 fully saturated rings. The van der Waals surface area contributed by atoms with E-state index < -0.39 is 0 Å². The molecular weight excluding hydrogens is 214 g/mol. The molecule has 17 heavy (non-hydrogen) atoms. The molecule has 0 saturated carbocycles. The second kappa shape index (κ2) is 5.49. The first-order chi connectivity index (χ1) is 8.22. The number of likely N-dealkylation sites (N-methyl/N-ethyl adjacent to an activating group) is 1. The van der Waals surface area contributed by atoms with Crippen molar-refractivity contribution in [3.05, 3.63) is 29.8 Å². The van der Waals surface area contributed by atoms with E-state index in [1.165, 1.54) is 5.69 Å². The second-order valence-electron chi connectivity index (χ2n) is 4.64. The van der Waals surface area contributed by atoms with Crippen LogP contribution in [0, 0.1) is 0 Å². The Balaban J connectivity index is 2.19. The first kappa shape index (κ1) is 12.4. The van der Waals surface area contributed by atoms with Crippen molar-refractivity contribution in [3.63, 3.8) is 0 Å². The summed E-state index contributed by atoms with van der Waals surface area (Å²) in [5.41, 5.74) is 8.15. The Kier molecular flexibility index (Phi) is 3.99. The van der Waals surface area contributed by atoms with Crippen molar-refractivity contribution in [2.75, 3.05) is 44.7 Å². The van der Waals surface area contributed by atoms with E-state index in [4.69, 9.17) is 5.73 Å². The normalized spacial score (nSPS) is 19.4. The minimum atomic E-state index is -0.286. The van der Waals surface area contributed by atoms with Crippen LogP contribution >= 0.6 is 0 Å². The molecular formula is C13H21N3O. The van der Waals surface area contributed by atoms with E-state index in [9.17, 15) is 5.11 Å². The number of benzene rings is 1. The Hall–Kier alpha value is -1.10. The van der Waals surface area contributed by atoms with E-state index in [0.717, 1.165) is 31.7 Å². The largest absolute Gasteiger partial charge is 0.394 e. The van der Waals surface area contributed by atoms with Gasteiger partial charge in [0, 0.05) is 31.9 Å². The van der Waals surface area contributed by atoms with Crippen LogP contribution in [0.3, 0.4) is 0 Å². The molecule has 1 aromatic carbocycles. The summed E-state index contributed by atoms with van der Waals surface area (Å²) < 4.78 is 0. The van der Waals surface area contributed by atoms with Crippen molar-refractivity contribution in [2.45, 2.75) is 6.04 Å². The molecule has 1 aromatic rings. The lowest BCUT2D eigenvalue weighted by molar-refractivity contribution is 0.267. The summed E-state index contributed by atoms with van der Waals surface area (Å²) in [6, 6.07) is 7.82. The highest BCUT2D eigenvalue weighted by atomic mass is 16.3. The number of aliphatic hydroxyl groups is 1. The van der Waals surface area contributed by atoms with Gasteiger partial charge in [-0.3, -0.25) is 0 Å². The molecule has 4 nitrogen and oxygen atoms in total. The molecule has 1 unspecified atom stereocenters. The van der Waals surface area contributed by atoms with Crippen LogP contribution in [0.15, 0.2) is 24.3 Å². The summed E-state index contributed by atoms with van der Waals surface area (Å²) in [5, 5.41) is 9.20. The van der Waals surface area contributed by atoms with Crippen LogP contribution in [0.25, 0.3) is 0 Å². The third kappa shape index (κ3) is 2.77. The van der Waals surface area contributed by atoms with Crippen LogP contribution < -0.4 is 10.6 Å². The Bertz CT molecular complexity index is 361. The van der Waals surface area contributed by atoms with Gasteiger partial charge in [0.15, 0.2) is 0 Å². The number of hydrogen-bond donors (Lipinski definition) is 2. The topological polar surface area (TPSA) is 52.7 Å². The quantitative estimate of drug-likeness (QED) is 0.798. The number of hydrogen-bond acceptors (Lipinski definition) is 4. The zero-order valence-corrected chi connectivity index (χ0v) is 10.3. The minimum absolute atomic E-state index is 0.00917. The van der Waals surface area contributed by atoms with E-state index in [2.05, 4.69) is 22.9 Å². The summed E-state index contributed by atoms with van der Waals surface area (Å²) in [6.07, 6.45) is 0. The number of piperazine rings is 1. The number of aliphatic hydroxyl groups excluding tert-OH is 1. The summed E-state index contributed by atoms with van der Waals surface area (Å²) in [7, 11) is 2.14. The molecule has 0 aromatic heterocycles. The summed E-state index contributed by atoms with van der Waals surface area (Å²) in [6.45, 7) is 4.17. The molecule has 3 N–H and O–H groups in total. The monoisotopic (exact) mass is 235 g/mol. The van der Waals surface area contributed by atoms with Gasteiger partial charge in [-0.05, 0) is 18.7 Å². The number of nitrogens with two attached hydrogens (primary N) is 1. The number of nitrogens with zero attached hydrogens (tertiary/aromatic N) is 2. The van der Waals surface area contributed by atoms with Crippen LogP contribution in [0.2, 0.25) is 0 Å². The molecule has 1 saturated heterocycles. The molecule has 1 heterocycles. The third-order valence-corrected chi connectivity index (χ3v) is 3.38. The Morgan fingerprint density at radius 2 is 1.88 bits per heavy atom. The lowest BCUT2D eigenvalue weighted by Gasteiger charge is -2.35. The van der Waals surface area contributed by atoms with Crippen molar-refractivity contribution in [1.29, 1.82) is 0 Å². The molecule has 2 rings (SSSR count). The number of anilines is 1. The molecule has 0 spiro atoms. The van der Waals surface area contributed by atoms with Gasteiger partial charge < -0.3 is 20.6 Å². The first-order valence-electron chi connectivity index (χ1n) is 6.11. The van der Waals surface area contributed by atoms with Crippen molar-refractivity contribution in [2.24, 2.45) is 5.73 Å². The zero-order valence-electron chi connectivity index (χ0n) is 10.3. The van der Waals surface area contributed by atoms with Gasteiger partial charge in [0.05, 0.1) is 12.6 Å². The van der Waals surface area contributed by atoms with Gasteiger partial charge in [0.2, 0.25) is 0 Å². The molecule has 94 valence electrons. The van der Waals surface area contributed by atoms with Gasteiger partial charge >= 0.3 is 0 Å². The maximum atomic E-state index is 9.20. The first-order valence-corrected chi connectivity index (χ1v) is 6.11. The average molecular weight is 235 g/mol. The molecule has 0 bridgehead atoms. The van der Waals surface area contributed by atoms with Gasteiger partial charge in [-0.15, -0.1) is 0 Å². The van der Waals surface area contributed by atoms with Crippen LogP contribution in [0.4, 0.5) is 5.69 Å². The summed E-state index contributed by atoms with van der Waals surface area (Å²) >= 11 is 0. The second-order valence-corrected chi connectivity index (χ2v) is 4.64. The lowest BCUT2D eigenvalue weighted by atomic mass is 10.0. The van der Waals surface area contributed by atoms with Gasteiger partial charge in [-0.2, -0.15) is 0 Å². The number of rotatable bonds is 3. The van der Waals surface area contributed by atoms with Crippen LogP contribution in [0.5, 0.6) is 0 Å². The highest BCUT2D eigenvalue weighted by Crippen LogP contribution is 2.25. The van der Waals surface area contributed by atoms with Crippen LogP contribution in [-0.4, -0.2) is 49.8 Å². The Morgan fingerprint density at radius 3 is 2.53 bits per heavy atom. The van der Waals surface area contributed by atoms with E-state index in [-0.39, 0.29) is 12.6 Å². The molecule has 1 aliphatic heterocycles. The standard InChI is InChI=1S/C13H21N3O/c1-15-6-8-16(9-7-15)13-5-3-2-4-11(13)12(14)10-17/h2-5,12,17H,6-10,14H2,1H3. The minimum Gasteiger partial charge on any atom is -0.394 e. The summed E-state index contributed by atoms with van der Waals surface area (Å²) in [5.74, 6) is 0. The zero-order chi connectivity index (χ0) is 12.3. The highest BCUT2D eigenvalue weighted by molar-refractivity contribution is 5.55. The molecule has 4 heteroatoms. The highest BCUT2D eigenvalue weighted by Gasteiger charge is 2.18. The molecule has 0 radical (unpaired) electrons. The van der Waals surface area contributed by atoms with Crippen molar-refractivity contribution in [1.82, 2.24) is 4.90 Å². The smallest absolute Gasteiger partial charge is 0.0625 e. The third-order valence-electron chi connectivity index (χ3n) is 3.38. The molecule has 1 atom stereocenters. The van der Waals surface area contributed by atoms with Crippen LogP contribution in [0.1, 0.15) is 11.6 Å². The molecule has 0 amide bonds. The van der Waals surface area contributed by atoms with Gasteiger partial charge in [-0.25, -0.2) is 0 Å². The van der Waals surface area contributed by atoms with Crippen molar-refractivity contribution in [3.8, 4) is 0 Å².